The van der Waals surface area contributed by atoms with Gasteiger partial charge in [-0.05, 0) is 60.5 Å². The van der Waals surface area contributed by atoms with Crippen LogP contribution < -0.4 is 4.90 Å². The van der Waals surface area contributed by atoms with Gasteiger partial charge in [0.05, 0.1) is 22.1 Å². The molecule has 1 aliphatic heterocycles. The van der Waals surface area contributed by atoms with Crippen LogP contribution in [0.1, 0.15) is 29.9 Å². The Balaban J connectivity index is 1.69. The maximum atomic E-state index is 13.4. The van der Waals surface area contributed by atoms with Crippen LogP contribution in [-0.2, 0) is 16.0 Å². The van der Waals surface area contributed by atoms with Gasteiger partial charge in [0, 0.05) is 5.56 Å². The number of Topliss-reactive ketones (excluding diaryl/α,β-unsaturated/α-hetero) is 1. The van der Waals surface area contributed by atoms with Gasteiger partial charge < -0.3 is 9.52 Å². The molecule has 2 aromatic heterocycles. The molecule has 0 saturated carbocycles. The minimum Gasteiger partial charge on any atom is -0.507 e. The van der Waals surface area contributed by atoms with Crippen molar-refractivity contribution >= 4 is 44.1 Å². The van der Waals surface area contributed by atoms with Gasteiger partial charge in [0.25, 0.3) is 5.78 Å². The van der Waals surface area contributed by atoms with Crippen LogP contribution >= 0.6 is 11.3 Å². The molecule has 32 heavy (non-hydrogen) atoms. The van der Waals surface area contributed by atoms with Gasteiger partial charge in [0.2, 0.25) is 0 Å². The molecule has 3 heterocycles. The number of aliphatic hydroxyl groups is 1. The number of hydrogen-bond acceptors (Lipinski definition) is 6. The van der Waals surface area contributed by atoms with E-state index in [-0.39, 0.29) is 11.1 Å². The summed E-state index contributed by atoms with van der Waals surface area (Å²) in [5, 5.41) is 11.3. The molecule has 1 amide bonds. The van der Waals surface area contributed by atoms with Crippen molar-refractivity contribution < 1.29 is 23.5 Å². The fourth-order valence-electron chi connectivity index (χ4n) is 3.79. The van der Waals surface area contributed by atoms with E-state index in [4.69, 9.17) is 4.42 Å². The molecule has 1 unspecified atom stereocenters. The molecule has 8 heteroatoms. The van der Waals surface area contributed by atoms with Crippen LogP contribution in [0.5, 0.6) is 0 Å². The van der Waals surface area contributed by atoms with Crippen molar-refractivity contribution in [2.24, 2.45) is 0 Å². The van der Waals surface area contributed by atoms with Crippen molar-refractivity contribution in [3.8, 4) is 0 Å². The Labute approximate surface area is 186 Å². The molecule has 160 valence electrons. The van der Waals surface area contributed by atoms with Crippen molar-refractivity contribution in [1.29, 1.82) is 0 Å². The molecule has 1 aliphatic rings. The number of benzene rings is 2. The normalized spacial score (nSPS) is 18.1. The minimum atomic E-state index is -0.999. The maximum Gasteiger partial charge on any atom is 0.302 e. The summed E-state index contributed by atoms with van der Waals surface area (Å²) in [5.41, 5.74) is 1.93. The molecule has 0 radical (unpaired) electrons. The molecule has 1 saturated heterocycles. The zero-order chi connectivity index (χ0) is 22.4. The number of furan rings is 1. The van der Waals surface area contributed by atoms with E-state index < -0.39 is 29.3 Å². The fourth-order valence-corrected chi connectivity index (χ4v) is 4.84. The second-order valence-corrected chi connectivity index (χ2v) is 8.35. The molecule has 0 aliphatic carbocycles. The number of rotatable bonds is 4. The lowest BCUT2D eigenvalue weighted by Crippen LogP contribution is -2.29. The number of aliphatic hydroxyl groups excluding tert-OH is 1. The monoisotopic (exact) mass is 448 g/mol. The SMILES string of the molecule is CCc1ccc2nc(N3C(=O)C(=O)C(=C(O)c4ccc(F)cc4)C3c3ccco3)sc2c1. The van der Waals surface area contributed by atoms with Crippen molar-refractivity contribution in [3.63, 3.8) is 0 Å². The second-order valence-electron chi connectivity index (χ2n) is 7.34. The Morgan fingerprint density at radius 1 is 1.19 bits per heavy atom. The first kappa shape index (κ1) is 20.1. The third kappa shape index (κ3) is 3.20. The lowest BCUT2D eigenvalue weighted by Gasteiger charge is -2.20. The molecule has 4 aromatic rings. The van der Waals surface area contributed by atoms with Crippen molar-refractivity contribution in [2.45, 2.75) is 19.4 Å². The summed E-state index contributed by atoms with van der Waals surface area (Å²) in [5.74, 6) is -2.25. The van der Waals surface area contributed by atoms with Crippen LogP contribution in [0.2, 0.25) is 0 Å². The Bertz CT molecular complexity index is 1370. The van der Waals surface area contributed by atoms with Crippen LogP contribution in [0.4, 0.5) is 9.52 Å². The number of fused-ring (bicyclic) bond motifs is 1. The van der Waals surface area contributed by atoms with Crippen LogP contribution in [0, 0.1) is 5.82 Å². The fraction of sp³-hybridized carbons (Fsp3) is 0.125. The Hall–Kier alpha value is -3.78. The highest BCUT2D eigenvalue weighted by atomic mass is 32.1. The molecular weight excluding hydrogens is 431 g/mol. The smallest absolute Gasteiger partial charge is 0.302 e. The number of hydrogen-bond donors (Lipinski definition) is 1. The largest absolute Gasteiger partial charge is 0.507 e. The first-order valence-corrected chi connectivity index (χ1v) is 10.8. The second kappa shape index (κ2) is 7.72. The highest BCUT2D eigenvalue weighted by molar-refractivity contribution is 7.22. The lowest BCUT2D eigenvalue weighted by molar-refractivity contribution is -0.132. The van der Waals surface area contributed by atoms with Gasteiger partial charge in [-0.25, -0.2) is 9.37 Å². The number of aromatic nitrogens is 1. The van der Waals surface area contributed by atoms with Crippen LogP contribution in [0.3, 0.4) is 0 Å². The summed E-state index contributed by atoms with van der Waals surface area (Å²) in [6.07, 6.45) is 2.29. The number of anilines is 1. The van der Waals surface area contributed by atoms with E-state index in [1.165, 1.54) is 46.8 Å². The number of nitrogens with zero attached hydrogens (tertiary/aromatic N) is 2. The number of carbonyl (C=O) groups excluding carboxylic acids is 2. The molecule has 2 aromatic carbocycles. The third-order valence-corrected chi connectivity index (χ3v) is 6.45. The van der Waals surface area contributed by atoms with E-state index >= 15 is 0 Å². The Kier molecular flexibility index (Phi) is 4.86. The van der Waals surface area contributed by atoms with Crippen molar-refractivity contribution in [3.05, 3.63) is 89.1 Å². The van der Waals surface area contributed by atoms with Gasteiger partial charge in [0.15, 0.2) is 5.13 Å². The summed E-state index contributed by atoms with van der Waals surface area (Å²) >= 11 is 1.29. The van der Waals surface area contributed by atoms with E-state index in [1.807, 2.05) is 25.1 Å². The number of ketones is 1. The van der Waals surface area contributed by atoms with E-state index in [9.17, 15) is 19.1 Å². The number of carbonyl (C=O) groups is 2. The average molecular weight is 448 g/mol. The molecular formula is C24H17FN2O4S. The number of aryl methyl sites for hydroxylation is 1. The predicted molar refractivity (Wildman–Crippen MR) is 119 cm³/mol. The van der Waals surface area contributed by atoms with Gasteiger partial charge >= 0.3 is 5.91 Å². The highest BCUT2D eigenvalue weighted by Gasteiger charge is 2.49. The van der Waals surface area contributed by atoms with Crippen LogP contribution in [0.25, 0.3) is 16.0 Å². The van der Waals surface area contributed by atoms with E-state index in [2.05, 4.69) is 4.98 Å². The van der Waals surface area contributed by atoms with Gasteiger partial charge in [-0.2, -0.15) is 0 Å². The summed E-state index contributed by atoms with van der Waals surface area (Å²) in [6.45, 7) is 2.05. The predicted octanol–water partition coefficient (Wildman–Crippen LogP) is 5.22. The number of halogens is 1. The summed E-state index contributed by atoms with van der Waals surface area (Å²) in [4.78, 5) is 32.0. The Morgan fingerprint density at radius 2 is 1.97 bits per heavy atom. The third-order valence-electron chi connectivity index (χ3n) is 5.43. The summed E-state index contributed by atoms with van der Waals surface area (Å²) < 4.78 is 19.8. The first-order valence-electron chi connectivity index (χ1n) is 9.97. The first-order chi connectivity index (χ1) is 15.5. The van der Waals surface area contributed by atoms with E-state index in [0.29, 0.717) is 16.4 Å². The van der Waals surface area contributed by atoms with Crippen LogP contribution in [-0.4, -0.2) is 21.8 Å². The van der Waals surface area contributed by atoms with Crippen molar-refractivity contribution in [1.82, 2.24) is 4.98 Å². The molecule has 1 fully saturated rings. The molecule has 6 nitrogen and oxygen atoms in total. The lowest BCUT2D eigenvalue weighted by atomic mass is 9.99. The summed E-state index contributed by atoms with van der Waals surface area (Å²) in [7, 11) is 0. The van der Waals surface area contributed by atoms with E-state index in [1.54, 1.807) is 12.1 Å². The number of thiazole rings is 1. The zero-order valence-electron chi connectivity index (χ0n) is 16.9. The molecule has 1 atom stereocenters. The highest BCUT2D eigenvalue weighted by Crippen LogP contribution is 2.44. The Morgan fingerprint density at radius 3 is 2.66 bits per heavy atom. The quantitative estimate of drug-likeness (QED) is 0.263. The van der Waals surface area contributed by atoms with Crippen molar-refractivity contribution in [2.75, 3.05) is 4.90 Å². The molecule has 0 spiro atoms. The van der Waals surface area contributed by atoms with Gasteiger partial charge in [0.1, 0.15) is 23.4 Å². The van der Waals surface area contributed by atoms with E-state index in [0.717, 1.165) is 16.7 Å². The van der Waals surface area contributed by atoms with Gasteiger partial charge in [-0.15, -0.1) is 0 Å². The molecule has 0 bridgehead atoms. The standard InChI is InChI=1S/C24H17FN2O4S/c1-2-13-5-10-16-18(12-13)32-24(26-16)27-20(17-4-3-11-31-17)19(22(29)23(27)30)21(28)14-6-8-15(25)9-7-14/h3-12,20,28H,2H2,1H3. The summed E-state index contributed by atoms with van der Waals surface area (Å²) in [6, 6.07) is 13.2. The molecule has 5 rings (SSSR count). The number of amides is 1. The zero-order valence-corrected chi connectivity index (χ0v) is 17.7. The maximum absolute atomic E-state index is 13.4. The van der Waals surface area contributed by atoms with Crippen LogP contribution in [0.15, 0.2) is 70.9 Å². The van der Waals surface area contributed by atoms with Gasteiger partial charge in [-0.3, -0.25) is 14.5 Å². The topological polar surface area (TPSA) is 83.6 Å². The van der Waals surface area contributed by atoms with Gasteiger partial charge in [-0.1, -0.05) is 24.3 Å². The molecule has 1 N–H and O–H groups in total. The average Bonchev–Trinajstić information content (AvgIpc) is 3.52. The minimum absolute atomic E-state index is 0.134.